The number of carboxylic acid groups (broad SMARTS) is 1. The molecule has 0 radical (unpaired) electrons. The lowest BCUT2D eigenvalue weighted by atomic mass is 9.90. The van der Waals surface area contributed by atoms with Crippen LogP contribution in [0.1, 0.15) is 54.6 Å². The summed E-state index contributed by atoms with van der Waals surface area (Å²) in [7, 11) is 0. The van der Waals surface area contributed by atoms with Crippen LogP contribution in [-0.2, 0) is 9.59 Å². The Kier molecular flexibility index (Phi) is 6.49. The van der Waals surface area contributed by atoms with Crippen molar-refractivity contribution in [2.24, 2.45) is 5.41 Å². The molecule has 0 aliphatic rings. The molecule has 0 saturated heterocycles. The molecule has 126 valence electrons. The molecule has 0 aromatic heterocycles. The first-order valence-electron chi connectivity index (χ1n) is 7.74. The van der Waals surface area contributed by atoms with E-state index in [-0.39, 0.29) is 31.1 Å². The molecule has 0 unspecified atom stereocenters. The summed E-state index contributed by atoms with van der Waals surface area (Å²) >= 11 is 0. The van der Waals surface area contributed by atoms with Crippen LogP contribution in [0.25, 0.3) is 0 Å². The molecule has 0 aliphatic heterocycles. The van der Waals surface area contributed by atoms with E-state index in [2.05, 4.69) is 5.32 Å². The molecule has 0 heterocycles. The highest BCUT2D eigenvalue weighted by molar-refractivity contribution is 5.99. The highest BCUT2D eigenvalue weighted by atomic mass is 16.4. The van der Waals surface area contributed by atoms with Crippen LogP contribution >= 0.6 is 0 Å². The summed E-state index contributed by atoms with van der Waals surface area (Å²) in [6.07, 6.45) is 0.608. The van der Waals surface area contributed by atoms with Crippen LogP contribution in [0.15, 0.2) is 18.2 Å². The molecule has 0 atom stereocenters. The fourth-order valence-electron chi connectivity index (χ4n) is 2.11. The minimum absolute atomic E-state index is 0.0489. The molecular weight excluding hydrogens is 294 g/mol. The van der Waals surface area contributed by atoms with E-state index in [9.17, 15) is 14.4 Å². The average Bonchev–Trinajstić information content (AvgIpc) is 2.47. The molecule has 2 N–H and O–H groups in total. The fourth-order valence-corrected chi connectivity index (χ4v) is 2.11. The monoisotopic (exact) mass is 319 g/mol. The van der Waals surface area contributed by atoms with E-state index < -0.39 is 11.4 Å². The molecule has 0 bridgehead atoms. The number of carbonyl (C=O) groups excluding carboxylic acids is 2. The fraction of sp³-hybridized carbons (Fsp3) is 0.500. The van der Waals surface area contributed by atoms with Crippen LogP contribution in [0.5, 0.6) is 0 Å². The van der Waals surface area contributed by atoms with Crippen LogP contribution in [-0.4, -0.2) is 29.3 Å². The van der Waals surface area contributed by atoms with Crippen LogP contribution < -0.4 is 5.32 Å². The highest BCUT2D eigenvalue weighted by Crippen LogP contribution is 2.19. The molecule has 0 fully saturated rings. The number of amides is 1. The van der Waals surface area contributed by atoms with Crippen molar-refractivity contribution in [2.75, 3.05) is 6.54 Å². The zero-order chi connectivity index (χ0) is 17.6. The number of nitrogens with one attached hydrogen (secondary N) is 1. The topological polar surface area (TPSA) is 83.5 Å². The first-order chi connectivity index (χ1) is 10.6. The minimum atomic E-state index is -0.892. The number of hydrogen-bond acceptors (Lipinski definition) is 3. The van der Waals surface area contributed by atoms with Crippen molar-refractivity contribution in [3.8, 4) is 0 Å². The van der Waals surface area contributed by atoms with Crippen LogP contribution in [0.4, 0.5) is 0 Å². The first-order valence-corrected chi connectivity index (χ1v) is 7.74. The Balaban J connectivity index is 2.43. The first kappa shape index (κ1) is 18.9. The summed E-state index contributed by atoms with van der Waals surface area (Å²) in [6, 6.07) is 5.69. The predicted molar refractivity (Wildman–Crippen MR) is 88.5 cm³/mol. The van der Waals surface area contributed by atoms with Crippen molar-refractivity contribution in [1.29, 1.82) is 0 Å². The van der Waals surface area contributed by atoms with Gasteiger partial charge in [-0.25, -0.2) is 0 Å². The van der Waals surface area contributed by atoms with Gasteiger partial charge in [0.25, 0.3) is 0 Å². The predicted octanol–water partition coefficient (Wildman–Crippen LogP) is 2.88. The standard InChI is InChI=1S/C18H25NO4/c1-12-5-6-13(2)14(11-12)15(20)7-8-16(21)19-10-9-18(3,4)17(22)23/h5-6,11H,7-10H2,1-4H3,(H,19,21)(H,22,23). The van der Waals surface area contributed by atoms with E-state index in [1.165, 1.54) is 0 Å². The normalized spacial score (nSPS) is 11.1. The Bertz CT molecular complexity index is 605. The Morgan fingerprint density at radius 1 is 1.13 bits per heavy atom. The zero-order valence-corrected chi connectivity index (χ0v) is 14.2. The summed E-state index contributed by atoms with van der Waals surface area (Å²) in [5, 5.41) is 11.7. The van der Waals surface area contributed by atoms with Crippen LogP contribution in [0.3, 0.4) is 0 Å². The van der Waals surface area contributed by atoms with Gasteiger partial charge in [-0.3, -0.25) is 14.4 Å². The second-order valence-electron chi connectivity index (χ2n) is 6.53. The summed E-state index contributed by atoms with van der Waals surface area (Å²) in [4.78, 5) is 34.9. The third kappa shape index (κ3) is 5.85. The molecule has 0 aliphatic carbocycles. The highest BCUT2D eigenvalue weighted by Gasteiger charge is 2.26. The van der Waals surface area contributed by atoms with Gasteiger partial charge in [0.2, 0.25) is 5.91 Å². The van der Waals surface area contributed by atoms with Gasteiger partial charge in [0, 0.05) is 24.9 Å². The van der Waals surface area contributed by atoms with Gasteiger partial charge >= 0.3 is 5.97 Å². The van der Waals surface area contributed by atoms with Gasteiger partial charge in [0.15, 0.2) is 5.78 Å². The van der Waals surface area contributed by atoms with Gasteiger partial charge in [-0.05, 0) is 45.7 Å². The minimum Gasteiger partial charge on any atom is -0.481 e. The van der Waals surface area contributed by atoms with Gasteiger partial charge < -0.3 is 10.4 Å². The second-order valence-corrected chi connectivity index (χ2v) is 6.53. The lowest BCUT2D eigenvalue weighted by molar-refractivity contribution is -0.147. The van der Waals surface area contributed by atoms with Crippen LogP contribution in [0, 0.1) is 19.3 Å². The Morgan fingerprint density at radius 3 is 2.39 bits per heavy atom. The average molecular weight is 319 g/mol. The molecule has 1 rings (SSSR count). The maximum atomic E-state index is 12.2. The quantitative estimate of drug-likeness (QED) is 0.722. The molecule has 1 aromatic carbocycles. The maximum absolute atomic E-state index is 12.2. The molecule has 5 nitrogen and oxygen atoms in total. The van der Waals surface area contributed by atoms with E-state index in [0.29, 0.717) is 12.0 Å². The maximum Gasteiger partial charge on any atom is 0.309 e. The number of rotatable bonds is 8. The van der Waals surface area contributed by atoms with E-state index in [0.717, 1.165) is 11.1 Å². The van der Waals surface area contributed by atoms with Crippen molar-refractivity contribution in [3.63, 3.8) is 0 Å². The van der Waals surface area contributed by atoms with E-state index in [1.807, 2.05) is 32.0 Å². The second kappa shape index (κ2) is 7.90. The number of Topliss-reactive ketones (excluding diaryl/α,β-unsaturated/α-hetero) is 1. The van der Waals surface area contributed by atoms with Gasteiger partial charge in [-0.15, -0.1) is 0 Å². The molecule has 0 saturated carbocycles. The van der Waals surface area contributed by atoms with E-state index in [1.54, 1.807) is 13.8 Å². The molecular formula is C18H25NO4. The lowest BCUT2D eigenvalue weighted by Crippen LogP contribution is -2.32. The smallest absolute Gasteiger partial charge is 0.309 e. The van der Waals surface area contributed by atoms with Gasteiger partial charge in [-0.1, -0.05) is 17.7 Å². The van der Waals surface area contributed by atoms with Gasteiger partial charge in [0.05, 0.1) is 5.41 Å². The number of aryl methyl sites for hydroxylation is 2. The van der Waals surface area contributed by atoms with Gasteiger partial charge in [0.1, 0.15) is 0 Å². The van der Waals surface area contributed by atoms with E-state index >= 15 is 0 Å². The molecule has 23 heavy (non-hydrogen) atoms. The zero-order valence-electron chi connectivity index (χ0n) is 14.2. The van der Waals surface area contributed by atoms with Crippen molar-refractivity contribution in [3.05, 3.63) is 34.9 Å². The van der Waals surface area contributed by atoms with Crippen molar-refractivity contribution in [1.82, 2.24) is 5.32 Å². The Labute approximate surface area is 137 Å². The molecule has 0 spiro atoms. The molecule has 1 amide bonds. The SMILES string of the molecule is Cc1ccc(C)c(C(=O)CCC(=O)NCCC(C)(C)C(=O)O)c1. The number of benzene rings is 1. The summed E-state index contributed by atoms with van der Waals surface area (Å²) in [5.74, 6) is -1.17. The largest absolute Gasteiger partial charge is 0.481 e. The molecule has 5 heteroatoms. The number of carbonyl (C=O) groups is 3. The van der Waals surface area contributed by atoms with Crippen molar-refractivity contribution >= 4 is 17.7 Å². The summed E-state index contributed by atoms with van der Waals surface area (Å²) in [5.41, 5.74) is 1.70. The lowest BCUT2D eigenvalue weighted by Gasteiger charge is -2.18. The van der Waals surface area contributed by atoms with Crippen molar-refractivity contribution < 1.29 is 19.5 Å². The molecule has 1 aromatic rings. The summed E-state index contributed by atoms with van der Waals surface area (Å²) < 4.78 is 0. The Hall–Kier alpha value is -2.17. The van der Waals surface area contributed by atoms with Crippen molar-refractivity contribution in [2.45, 2.75) is 47.0 Å². The third-order valence-electron chi connectivity index (χ3n) is 3.92. The number of ketones is 1. The Morgan fingerprint density at radius 2 is 1.78 bits per heavy atom. The number of hydrogen-bond donors (Lipinski definition) is 2. The van der Waals surface area contributed by atoms with E-state index in [4.69, 9.17) is 5.11 Å². The van der Waals surface area contributed by atoms with Crippen LogP contribution in [0.2, 0.25) is 0 Å². The number of carboxylic acids is 1. The summed E-state index contributed by atoms with van der Waals surface area (Å²) in [6.45, 7) is 7.32. The third-order valence-corrected chi connectivity index (χ3v) is 3.92. The number of aliphatic carboxylic acids is 1. The van der Waals surface area contributed by atoms with Gasteiger partial charge in [-0.2, -0.15) is 0 Å².